The Kier molecular flexibility index (Phi) is 5.98. The Morgan fingerprint density at radius 1 is 1.38 bits per heavy atom. The van der Waals surface area contributed by atoms with Gasteiger partial charge in [-0.1, -0.05) is 13.8 Å². The molecule has 1 aliphatic carbocycles. The van der Waals surface area contributed by atoms with E-state index in [-0.39, 0.29) is 23.2 Å². The van der Waals surface area contributed by atoms with Crippen LogP contribution in [0.1, 0.15) is 56.6 Å². The van der Waals surface area contributed by atoms with Crippen molar-refractivity contribution in [1.29, 1.82) is 5.26 Å². The first-order valence-electron chi connectivity index (χ1n) is 10.9. The van der Waals surface area contributed by atoms with Gasteiger partial charge in [0.15, 0.2) is 0 Å². The van der Waals surface area contributed by atoms with Crippen LogP contribution in [-0.2, 0) is 4.79 Å². The van der Waals surface area contributed by atoms with Crippen molar-refractivity contribution < 1.29 is 14.3 Å². The molecule has 0 spiro atoms. The first-order valence-corrected chi connectivity index (χ1v) is 10.9. The van der Waals surface area contributed by atoms with Gasteiger partial charge in [0.2, 0.25) is 11.9 Å². The van der Waals surface area contributed by atoms with Crippen molar-refractivity contribution in [3.8, 4) is 6.07 Å². The molecule has 0 saturated heterocycles. The molecule has 1 unspecified atom stereocenters. The SMILES string of the molecule is CC1(C)[C@@H](O)CCC[C@H]1Nc1nc(NCCC2C(=O)Nc3ccc(F)cc32)ncc1C#N. The largest absolute Gasteiger partial charge is 0.392 e. The molecule has 1 aliphatic heterocycles. The number of aromatic nitrogens is 2. The van der Waals surface area contributed by atoms with Crippen LogP contribution in [0.2, 0.25) is 0 Å². The van der Waals surface area contributed by atoms with Crippen LogP contribution in [0.4, 0.5) is 21.8 Å². The van der Waals surface area contributed by atoms with E-state index in [1.54, 1.807) is 6.07 Å². The van der Waals surface area contributed by atoms with E-state index in [4.69, 9.17) is 0 Å². The Morgan fingerprint density at radius 3 is 2.97 bits per heavy atom. The number of nitrogens with one attached hydrogen (secondary N) is 3. The third-order valence-corrected chi connectivity index (χ3v) is 6.63. The van der Waals surface area contributed by atoms with E-state index in [1.165, 1.54) is 18.3 Å². The number of fused-ring (bicyclic) bond motifs is 1. The van der Waals surface area contributed by atoms with E-state index in [0.29, 0.717) is 41.5 Å². The predicted molar refractivity (Wildman–Crippen MR) is 119 cm³/mol. The third kappa shape index (κ3) is 4.23. The number of anilines is 3. The summed E-state index contributed by atoms with van der Waals surface area (Å²) in [4.78, 5) is 20.9. The standard InChI is InChI=1S/C23H27FN6O2/c1-23(2)18(4-3-5-19(23)31)29-20-13(11-25)12-27-22(30-20)26-9-8-15-16-10-14(24)6-7-17(16)28-21(15)32/h6-7,10,12,15,18-19,31H,3-5,8-9H2,1-2H3,(H,28,32)(H2,26,27,29,30)/t15?,18-,19+/m1/s1. The molecule has 4 N–H and O–H groups in total. The number of aliphatic hydroxyl groups excluding tert-OH is 1. The maximum Gasteiger partial charge on any atom is 0.232 e. The minimum Gasteiger partial charge on any atom is -0.392 e. The molecule has 1 fully saturated rings. The molecule has 1 aromatic heterocycles. The van der Waals surface area contributed by atoms with Crippen LogP contribution in [-0.4, -0.2) is 39.7 Å². The monoisotopic (exact) mass is 438 g/mol. The molecule has 32 heavy (non-hydrogen) atoms. The van der Waals surface area contributed by atoms with Crippen LogP contribution >= 0.6 is 0 Å². The smallest absolute Gasteiger partial charge is 0.232 e. The van der Waals surface area contributed by atoms with Crippen molar-refractivity contribution in [1.82, 2.24) is 9.97 Å². The second kappa shape index (κ2) is 8.71. The number of carbonyl (C=O) groups excluding carboxylic acids is 1. The molecule has 1 aromatic carbocycles. The Balaban J connectivity index is 1.44. The minimum atomic E-state index is -0.450. The number of hydrogen-bond donors (Lipinski definition) is 4. The van der Waals surface area contributed by atoms with Crippen molar-refractivity contribution >= 4 is 23.4 Å². The number of amides is 1. The lowest BCUT2D eigenvalue weighted by atomic mass is 9.71. The van der Waals surface area contributed by atoms with Gasteiger partial charge in [-0.2, -0.15) is 10.2 Å². The van der Waals surface area contributed by atoms with Crippen LogP contribution in [0, 0.1) is 22.6 Å². The summed E-state index contributed by atoms with van der Waals surface area (Å²) < 4.78 is 13.6. The average Bonchev–Trinajstić information content (AvgIpc) is 3.06. The molecule has 0 bridgehead atoms. The van der Waals surface area contributed by atoms with Gasteiger partial charge in [0.1, 0.15) is 23.3 Å². The van der Waals surface area contributed by atoms with Gasteiger partial charge in [0.05, 0.1) is 18.2 Å². The molecule has 2 aliphatic rings. The van der Waals surface area contributed by atoms with Crippen molar-refractivity contribution in [2.75, 3.05) is 22.5 Å². The topological polar surface area (TPSA) is 123 Å². The lowest BCUT2D eigenvalue weighted by molar-refractivity contribution is -0.117. The first-order chi connectivity index (χ1) is 15.3. The summed E-state index contributed by atoms with van der Waals surface area (Å²) in [6.45, 7) is 4.41. The molecular weight excluding hydrogens is 411 g/mol. The highest BCUT2D eigenvalue weighted by atomic mass is 19.1. The number of benzene rings is 1. The van der Waals surface area contributed by atoms with Gasteiger partial charge in [-0.05, 0) is 49.4 Å². The Bertz CT molecular complexity index is 1070. The predicted octanol–water partition coefficient (Wildman–Crippen LogP) is 3.38. The summed E-state index contributed by atoms with van der Waals surface area (Å²) in [5.41, 5.74) is 1.26. The highest BCUT2D eigenvalue weighted by molar-refractivity contribution is 6.02. The van der Waals surface area contributed by atoms with Crippen LogP contribution in [0.3, 0.4) is 0 Å². The van der Waals surface area contributed by atoms with Gasteiger partial charge in [-0.3, -0.25) is 4.79 Å². The van der Waals surface area contributed by atoms with E-state index >= 15 is 0 Å². The Morgan fingerprint density at radius 2 is 2.19 bits per heavy atom. The van der Waals surface area contributed by atoms with Crippen molar-refractivity contribution in [3.63, 3.8) is 0 Å². The third-order valence-electron chi connectivity index (χ3n) is 6.63. The Hall–Kier alpha value is -3.25. The van der Waals surface area contributed by atoms with E-state index in [1.807, 2.05) is 13.8 Å². The molecule has 0 radical (unpaired) electrons. The molecule has 2 aromatic rings. The number of hydrogen-bond acceptors (Lipinski definition) is 7. The van der Waals surface area contributed by atoms with Crippen LogP contribution in [0.15, 0.2) is 24.4 Å². The molecule has 168 valence electrons. The molecule has 4 rings (SSSR count). The number of halogens is 1. The summed E-state index contributed by atoms with van der Waals surface area (Å²) in [5, 5.41) is 29.1. The van der Waals surface area contributed by atoms with Crippen LogP contribution in [0.5, 0.6) is 0 Å². The quantitative estimate of drug-likeness (QED) is 0.545. The number of nitriles is 1. The molecular formula is C23H27FN6O2. The maximum absolute atomic E-state index is 13.6. The van der Waals surface area contributed by atoms with E-state index in [9.17, 15) is 19.6 Å². The summed E-state index contributed by atoms with van der Waals surface area (Å²) >= 11 is 0. The zero-order chi connectivity index (χ0) is 22.9. The first kappa shape index (κ1) is 22.0. The fraction of sp³-hybridized carbons (Fsp3) is 0.478. The molecule has 1 saturated carbocycles. The Labute approximate surface area is 186 Å². The molecule has 9 heteroatoms. The molecule has 2 heterocycles. The summed E-state index contributed by atoms with van der Waals surface area (Å²) in [5.74, 6) is -0.232. The number of aliphatic hydroxyl groups is 1. The summed E-state index contributed by atoms with van der Waals surface area (Å²) in [7, 11) is 0. The van der Waals surface area contributed by atoms with Crippen LogP contribution in [0.25, 0.3) is 0 Å². The number of nitrogens with zero attached hydrogens (tertiary/aromatic N) is 3. The van der Waals surface area contributed by atoms with Gasteiger partial charge in [-0.15, -0.1) is 0 Å². The fourth-order valence-corrected chi connectivity index (χ4v) is 4.49. The van der Waals surface area contributed by atoms with Crippen molar-refractivity contribution in [2.24, 2.45) is 5.41 Å². The summed E-state index contributed by atoms with van der Waals surface area (Å²) in [6.07, 6.45) is 3.99. The van der Waals surface area contributed by atoms with Crippen LogP contribution < -0.4 is 16.0 Å². The van der Waals surface area contributed by atoms with Crippen molar-refractivity contribution in [3.05, 3.63) is 41.3 Å². The van der Waals surface area contributed by atoms with Gasteiger partial charge in [-0.25, -0.2) is 9.37 Å². The number of carbonyl (C=O) groups is 1. The van der Waals surface area contributed by atoms with E-state index in [0.717, 1.165) is 19.3 Å². The molecule has 1 amide bonds. The minimum absolute atomic E-state index is 0.0327. The lowest BCUT2D eigenvalue weighted by Gasteiger charge is -2.43. The zero-order valence-electron chi connectivity index (χ0n) is 18.2. The normalized spacial score (nSPS) is 23.7. The summed E-state index contributed by atoms with van der Waals surface area (Å²) in [6, 6.07) is 6.36. The molecule has 3 atom stereocenters. The second-order valence-electron chi connectivity index (χ2n) is 9.02. The van der Waals surface area contributed by atoms with Gasteiger partial charge in [0.25, 0.3) is 0 Å². The molecule has 8 nitrogen and oxygen atoms in total. The fourth-order valence-electron chi connectivity index (χ4n) is 4.49. The van der Waals surface area contributed by atoms with Gasteiger partial charge >= 0.3 is 0 Å². The average molecular weight is 439 g/mol. The lowest BCUT2D eigenvalue weighted by Crippen LogP contribution is -2.48. The highest BCUT2D eigenvalue weighted by Crippen LogP contribution is 2.38. The second-order valence-corrected chi connectivity index (χ2v) is 9.02. The van der Waals surface area contributed by atoms with Gasteiger partial charge in [0, 0.05) is 23.7 Å². The van der Waals surface area contributed by atoms with Gasteiger partial charge < -0.3 is 21.1 Å². The van der Waals surface area contributed by atoms with Crippen molar-refractivity contribution in [2.45, 2.75) is 57.6 Å². The van der Waals surface area contributed by atoms with E-state index in [2.05, 4.69) is 32.0 Å². The number of rotatable bonds is 6. The van der Waals surface area contributed by atoms with E-state index < -0.39 is 12.0 Å². The maximum atomic E-state index is 13.6. The zero-order valence-corrected chi connectivity index (χ0v) is 18.2. The highest BCUT2D eigenvalue weighted by Gasteiger charge is 2.40.